The van der Waals surface area contributed by atoms with E-state index in [1.54, 1.807) is 57.2 Å². The Bertz CT molecular complexity index is 5700. The van der Waals surface area contributed by atoms with Gasteiger partial charge in [-0.2, -0.15) is 4.90 Å². The lowest BCUT2D eigenvalue weighted by molar-refractivity contribution is -0.384. The maximum atomic E-state index is 13.4. The minimum Gasteiger partial charge on any atom is -0.495 e. The van der Waals surface area contributed by atoms with E-state index in [1.807, 2.05) is 30.3 Å². The molecule has 7 N–H and O–H groups in total. The second-order valence-corrected chi connectivity index (χ2v) is 37.3. The first-order valence-corrected chi connectivity index (χ1v) is 47.7. The molecule has 2 aromatic heterocycles. The van der Waals surface area contributed by atoms with Crippen LogP contribution in [0, 0.1) is 30.3 Å². The van der Waals surface area contributed by atoms with E-state index in [2.05, 4.69) is 103 Å². The molecule has 40 nitrogen and oxygen atoms in total. The fourth-order valence-electron chi connectivity index (χ4n) is 15.6. The van der Waals surface area contributed by atoms with Gasteiger partial charge < -0.3 is 75.6 Å². The van der Waals surface area contributed by atoms with Crippen molar-refractivity contribution in [2.45, 2.75) is 135 Å². The number of nitro groups is 3. The lowest BCUT2D eigenvalue weighted by Crippen LogP contribution is -2.47. The fourth-order valence-corrected chi connectivity index (χ4v) is 17.4. The Morgan fingerprint density at radius 3 is 1.31 bits per heavy atom. The summed E-state index contributed by atoms with van der Waals surface area (Å²) in [6.07, 6.45) is 17.9. The van der Waals surface area contributed by atoms with Gasteiger partial charge in [-0.1, -0.05) is 86.9 Å². The van der Waals surface area contributed by atoms with E-state index < -0.39 is 38.5 Å². The Morgan fingerprint density at radius 1 is 0.482 bits per heavy atom. The van der Waals surface area contributed by atoms with E-state index in [0.717, 1.165) is 125 Å². The van der Waals surface area contributed by atoms with Crippen LogP contribution in [0.25, 0.3) is 0 Å². The summed E-state index contributed by atoms with van der Waals surface area (Å²) in [6.45, 7) is 25.6. The van der Waals surface area contributed by atoms with Crippen LogP contribution in [0.15, 0.2) is 127 Å². The quantitative estimate of drug-likeness (QED) is 0.0108. The maximum absolute atomic E-state index is 13.4. The summed E-state index contributed by atoms with van der Waals surface area (Å²) in [5.41, 5.74) is 9.08. The average molecular weight is 2080 g/mol. The number of piperidine rings is 1. The van der Waals surface area contributed by atoms with Crippen LogP contribution >= 0.6 is 73.9 Å². The van der Waals surface area contributed by atoms with E-state index in [0.29, 0.717) is 26.6 Å². The summed E-state index contributed by atoms with van der Waals surface area (Å²) in [5.74, 6) is 0.646. The van der Waals surface area contributed by atoms with Crippen molar-refractivity contribution in [1.29, 1.82) is 0 Å². The van der Waals surface area contributed by atoms with Gasteiger partial charge in [-0.3, -0.25) is 69.2 Å². The third-order valence-corrected chi connectivity index (χ3v) is 25.6. The fraction of sp³-hybridized carbons (Fsp3) is 0.441. The van der Waals surface area contributed by atoms with E-state index >= 15 is 0 Å². The maximum Gasteiger partial charge on any atom is 0.423 e. The smallest absolute Gasteiger partial charge is 0.423 e. The van der Waals surface area contributed by atoms with Crippen LogP contribution in [-0.4, -0.2) is 254 Å². The number of nitrogens with two attached hydrogens (primary N) is 1. The molecule has 4 aliphatic carbocycles. The number of nitro benzene ring substituents is 3. The van der Waals surface area contributed by atoms with Gasteiger partial charge in [-0.05, 0) is 159 Å². The number of hydrogen-bond acceptors (Lipinski definition) is 30. The van der Waals surface area contributed by atoms with Gasteiger partial charge in [-0.15, -0.1) is 0 Å². The van der Waals surface area contributed by atoms with Gasteiger partial charge in [0.25, 0.3) is 17.1 Å². The van der Waals surface area contributed by atoms with Crippen LogP contribution < -0.4 is 80.7 Å². The molecular formula is C93H115BrCl5N23O17. The molecule has 4 saturated heterocycles. The Balaban J connectivity index is 0.000000170. The van der Waals surface area contributed by atoms with E-state index in [4.69, 9.17) is 87.4 Å². The predicted molar refractivity (Wildman–Crippen MR) is 546 cm³/mol. The van der Waals surface area contributed by atoms with Crippen LogP contribution in [0.3, 0.4) is 0 Å². The number of anilines is 13. The molecular weight excluding hydrogens is 1970 g/mol. The summed E-state index contributed by atoms with van der Waals surface area (Å²) >= 11 is 34.7. The Kier molecular flexibility index (Phi) is 38.3. The molecule has 16 rings (SSSR count). The number of likely N-dealkylation sites (tertiary alicyclic amines) is 1. The third kappa shape index (κ3) is 30.2. The van der Waals surface area contributed by atoms with Crippen molar-refractivity contribution < 1.29 is 67.2 Å². The second kappa shape index (κ2) is 49.6. The van der Waals surface area contributed by atoms with Crippen molar-refractivity contribution in [1.82, 2.24) is 39.5 Å². The normalized spacial score (nSPS) is 15.9. The number of rotatable bonds is 24. The Morgan fingerprint density at radius 2 is 0.885 bits per heavy atom. The largest absolute Gasteiger partial charge is 0.495 e. The standard InChI is InChI=1S/C30H34Cl2N8O4.C19H21Cl3N4O5.C15H20N4O3.C13H18N4O2.C8H7BrN2O3.C8H15N/c1-5-26(41)36-21-14-19(40-12-10-39(11-13-40)18-6-7-18)8-9-20(21)35-24-16-25(34-17-33-24)38(2)30(42)37-29-27(31)22(43-3)15-23(44-4)28(29)32;1-19(2,3)31-18(28)26(17(27)25(4)13-8-12(20)23-9-24-13)16-14(21)10(29-5)7-11(30-6)15(16)22;1-11(20)16-14-5-4-13(10-15(14)19(21)22)18-8-6-17(7-9-18)12-2-3-12;14-12-4-3-11(9-13(12)17(18)19)16-7-5-15(6-8-16)10-1-2-10;1-5(12)10-7-3-2-6(9)4-8(7)11(13)14;1-2-6-9(7-3-1)8-4-5-8/h5,8-9,14-18H,1,6-7,10-13H2,2-4H3,(H,36,41)(H,37,42)(H,33,34,35);7-9H,1-6H3;4-5,10,12H,2-3,6-9H2,1H3,(H,16,20);3-4,9-10H,1-2,5-8,14H2;2-4H,1H3,(H,10,12);8H,1-7H2. The molecule has 4 saturated carbocycles. The van der Waals surface area contributed by atoms with Crippen molar-refractivity contribution in [3.05, 3.63) is 182 Å². The van der Waals surface area contributed by atoms with Crippen LogP contribution in [-0.2, 0) is 19.1 Å². The number of hydrogen-bond donors (Lipinski definition) is 6. The van der Waals surface area contributed by atoms with E-state index in [1.165, 1.54) is 194 Å². The molecule has 4 aliphatic heterocycles. The van der Waals surface area contributed by atoms with Gasteiger partial charge in [0.05, 0.1) is 60.3 Å². The number of nitrogens with one attached hydrogen (secondary N) is 5. The highest BCUT2D eigenvalue weighted by Crippen LogP contribution is 2.49. The molecule has 0 spiro atoms. The van der Waals surface area contributed by atoms with Gasteiger partial charge in [-0.25, -0.2) is 34.3 Å². The average Bonchev–Trinajstić information content (AvgIpc) is 1.76. The lowest BCUT2D eigenvalue weighted by atomic mass is 10.1. The number of amides is 8. The zero-order valence-electron chi connectivity index (χ0n) is 79.1. The molecule has 6 aromatic carbocycles. The molecule has 0 radical (unpaired) electrons. The third-order valence-electron chi connectivity index (χ3n) is 23.5. The molecule has 8 fully saturated rings. The number of nitrogens with zero attached hydrogens (tertiary/aromatic N) is 17. The summed E-state index contributed by atoms with van der Waals surface area (Å²) < 4.78 is 27.1. The summed E-state index contributed by atoms with van der Waals surface area (Å²) in [5, 5.41) is 46.6. The van der Waals surface area contributed by atoms with Crippen molar-refractivity contribution in [3.63, 3.8) is 0 Å². The Hall–Kier alpha value is -12.2. The van der Waals surface area contributed by atoms with E-state index in [-0.39, 0.29) is 123 Å². The van der Waals surface area contributed by atoms with Crippen LogP contribution in [0.2, 0.25) is 25.2 Å². The molecule has 8 amide bonds. The predicted octanol–water partition coefficient (Wildman–Crippen LogP) is 18.3. The zero-order chi connectivity index (χ0) is 101. The van der Waals surface area contributed by atoms with Crippen molar-refractivity contribution in [2.24, 2.45) is 0 Å². The van der Waals surface area contributed by atoms with E-state index in [9.17, 15) is 59.1 Å². The molecule has 8 aliphatic rings. The number of halogens is 6. The molecule has 8 aromatic rings. The summed E-state index contributed by atoms with van der Waals surface area (Å²) in [4.78, 5) is 141. The number of urea groups is 2. The van der Waals surface area contributed by atoms with Gasteiger partial charge in [0, 0.05) is 195 Å². The highest BCUT2D eigenvalue weighted by Gasteiger charge is 2.40. The Labute approximate surface area is 838 Å². The number of benzene rings is 6. The first kappa shape index (κ1) is 107. The number of imide groups is 1. The molecule has 6 heterocycles. The van der Waals surface area contributed by atoms with Gasteiger partial charge in [0.1, 0.15) is 107 Å². The first-order valence-electron chi connectivity index (χ1n) is 45.0. The molecule has 46 heteroatoms. The minimum atomic E-state index is -1.02. The number of methoxy groups -OCH3 is 4. The molecule has 746 valence electrons. The van der Waals surface area contributed by atoms with Crippen molar-refractivity contribution in [3.8, 4) is 23.0 Å². The van der Waals surface area contributed by atoms with Crippen molar-refractivity contribution >= 4 is 201 Å². The number of piperazine rings is 3. The number of carbonyl (C=O) groups excluding carboxylic acids is 6. The number of nitrogen functional groups attached to an aromatic ring is 1. The first-order chi connectivity index (χ1) is 66.3. The summed E-state index contributed by atoms with van der Waals surface area (Å²) in [6, 6.07) is 28.1. The lowest BCUT2D eigenvalue weighted by Gasteiger charge is -2.36. The number of aromatic nitrogens is 4. The van der Waals surface area contributed by atoms with Crippen LogP contribution in [0.5, 0.6) is 23.0 Å². The molecule has 0 bridgehead atoms. The van der Waals surface area contributed by atoms with Crippen molar-refractivity contribution in [2.75, 3.05) is 196 Å². The zero-order valence-corrected chi connectivity index (χ0v) is 84.4. The second-order valence-electron chi connectivity index (χ2n) is 34.5. The van der Waals surface area contributed by atoms with Gasteiger partial charge >= 0.3 is 18.2 Å². The summed E-state index contributed by atoms with van der Waals surface area (Å²) in [7, 11) is 8.55. The molecule has 0 atom stereocenters. The minimum absolute atomic E-state index is 0.00197. The van der Waals surface area contributed by atoms with Crippen LogP contribution in [0.4, 0.5) is 106 Å². The van der Waals surface area contributed by atoms with Gasteiger partial charge in [0.2, 0.25) is 17.7 Å². The highest BCUT2D eigenvalue weighted by molar-refractivity contribution is 9.10. The van der Waals surface area contributed by atoms with Crippen LogP contribution in [0.1, 0.15) is 105 Å². The number of carbonyl (C=O) groups is 6. The molecule has 0 unspecified atom stereocenters. The molecule has 139 heavy (non-hydrogen) atoms. The monoisotopic (exact) mass is 2080 g/mol. The highest BCUT2D eigenvalue weighted by atomic mass is 79.9. The SMILES string of the molecule is C1CCN(C2CC2)CC1.C=CC(=O)Nc1cc(N2CCN(C3CC3)CC2)ccc1Nc1cc(N(C)C(=O)Nc2c(Cl)c(OC)cc(OC)c2Cl)ncn1.CC(=O)Nc1ccc(Br)cc1[N+](=O)[O-].CC(=O)Nc1ccc(N2CCN(C3CC3)CC2)cc1[N+](=O)[O-].COc1cc(OC)c(Cl)c(N(C(=O)OC(C)(C)C)C(=O)N(C)c2cc(Cl)ncn2)c1Cl.Nc1ccc(N2CCN(C3CC3)CC2)cc1[N+](=O)[O-]. The van der Waals surface area contributed by atoms with Gasteiger partial charge in [0.15, 0.2) is 0 Å². The topological polar surface area (TPSA) is 448 Å². The number of ether oxygens (including phenoxy) is 5.